The second-order valence-corrected chi connectivity index (χ2v) is 7.03. The zero-order valence-corrected chi connectivity index (χ0v) is 14.1. The van der Waals surface area contributed by atoms with Crippen LogP contribution in [0.4, 0.5) is 0 Å². The number of carbonyl (C=O) groups is 2. The fourth-order valence-electron chi connectivity index (χ4n) is 3.64. The fraction of sp³-hybridized carbons (Fsp3) is 0.625. The monoisotopic (exact) mass is 337 g/mol. The first-order valence-electron chi connectivity index (χ1n) is 8.07. The van der Waals surface area contributed by atoms with Crippen LogP contribution in [0.1, 0.15) is 29.6 Å². The summed E-state index contributed by atoms with van der Waals surface area (Å²) in [4.78, 5) is 28.4. The van der Waals surface area contributed by atoms with Crippen molar-refractivity contribution in [3.8, 4) is 0 Å². The minimum atomic E-state index is -0.442. The lowest BCUT2D eigenvalue weighted by Crippen LogP contribution is -2.51. The maximum atomic E-state index is 12.4. The van der Waals surface area contributed by atoms with E-state index in [4.69, 9.17) is 0 Å². The Bertz CT molecular complexity index is 555. The van der Waals surface area contributed by atoms with Crippen LogP contribution in [0.2, 0.25) is 0 Å². The van der Waals surface area contributed by atoms with Crippen LogP contribution in [-0.2, 0) is 4.79 Å². The van der Waals surface area contributed by atoms with Gasteiger partial charge in [0, 0.05) is 38.1 Å². The number of carbonyl (C=O) groups excluding carboxylic acids is 2. The van der Waals surface area contributed by atoms with Crippen LogP contribution in [0.5, 0.6) is 0 Å². The summed E-state index contributed by atoms with van der Waals surface area (Å²) in [6.45, 7) is 1.94. The van der Waals surface area contributed by atoms with Crippen LogP contribution in [0.3, 0.4) is 0 Å². The predicted molar refractivity (Wildman–Crippen MR) is 88.4 cm³/mol. The lowest BCUT2D eigenvalue weighted by molar-refractivity contribution is -0.126. The van der Waals surface area contributed by atoms with E-state index in [2.05, 4.69) is 10.2 Å². The van der Waals surface area contributed by atoms with Crippen molar-refractivity contribution in [2.24, 2.45) is 0 Å². The van der Waals surface area contributed by atoms with Crippen LogP contribution in [0.25, 0.3) is 0 Å². The van der Waals surface area contributed by atoms with E-state index >= 15 is 0 Å². The van der Waals surface area contributed by atoms with Crippen LogP contribution < -0.4 is 5.32 Å². The number of likely N-dealkylation sites (tertiary alicyclic amines) is 2. The van der Waals surface area contributed by atoms with Gasteiger partial charge < -0.3 is 15.3 Å². The zero-order valence-electron chi connectivity index (χ0n) is 13.3. The molecule has 1 aromatic rings. The second kappa shape index (κ2) is 6.98. The number of hydrogen-bond acceptors (Lipinski definition) is 5. The molecule has 2 atom stereocenters. The lowest BCUT2D eigenvalue weighted by atomic mass is 10.0. The van der Waals surface area contributed by atoms with Gasteiger partial charge in [-0.05, 0) is 30.7 Å². The summed E-state index contributed by atoms with van der Waals surface area (Å²) in [7, 11) is 1.63. The third-order valence-electron chi connectivity index (χ3n) is 4.86. The van der Waals surface area contributed by atoms with E-state index in [0.717, 1.165) is 18.4 Å². The van der Waals surface area contributed by atoms with Gasteiger partial charge in [-0.3, -0.25) is 14.5 Å². The molecule has 1 aromatic heterocycles. The highest BCUT2D eigenvalue weighted by molar-refractivity contribution is 7.08. The van der Waals surface area contributed by atoms with Gasteiger partial charge >= 0.3 is 0 Å². The molecule has 3 rings (SSSR count). The van der Waals surface area contributed by atoms with Crippen molar-refractivity contribution in [2.75, 3.05) is 26.7 Å². The van der Waals surface area contributed by atoms with Gasteiger partial charge in [-0.2, -0.15) is 11.3 Å². The number of aliphatic hydroxyl groups is 1. The first-order valence-corrected chi connectivity index (χ1v) is 9.01. The van der Waals surface area contributed by atoms with Gasteiger partial charge in [-0.25, -0.2) is 0 Å². The Morgan fingerprint density at radius 1 is 1.35 bits per heavy atom. The molecule has 6 nitrogen and oxygen atoms in total. The van der Waals surface area contributed by atoms with Gasteiger partial charge in [0.15, 0.2) is 0 Å². The third-order valence-corrected chi connectivity index (χ3v) is 5.54. The molecule has 2 aliphatic heterocycles. The molecule has 0 bridgehead atoms. The minimum Gasteiger partial charge on any atom is -0.392 e. The Balaban J connectivity index is 1.60. The Labute approximate surface area is 140 Å². The van der Waals surface area contributed by atoms with Crippen LogP contribution in [-0.4, -0.2) is 71.6 Å². The summed E-state index contributed by atoms with van der Waals surface area (Å²) in [5.41, 5.74) is 0.758. The Morgan fingerprint density at radius 3 is 2.70 bits per heavy atom. The highest BCUT2D eigenvalue weighted by Crippen LogP contribution is 2.27. The summed E-state index contributed by atoms with van der Waals surface area (Å²) < 4.78 is 0. The van der Waals surface area contributed by atoms with Crippen LogP contribution in [0.15, 0.2) is 16.8 Å². The summed E-state index contributed by atoms with van der Waals surface area (Å²) in [6, 6.07) is 1.86. The van der Waals surface area contributed by atoms with E-state index in [0.29, 0.717) is 26.1 Å². The predicted octanol–water partition coefficient (Wildman–Crippen LogP) is 0.534. The van der Waals surface area contributed by atoms with Crippen molar-refractivity contribution < 1.29 is 14.7 Å². The molecule has 0 spiro atoms. The number of amides is 2. The van der Waals surface area contributed by atoms with Gasteiger partial charge in [0.05, 0.1) is 17.7 Å². The minimum absolute atomic E-state index is 0.0293. The number of likely N-dealkylation sites (N-methyl/N-ethyl adjacent to an activating group) is 1. The Morgan fingerprint density at radius 2 is 2.09 bits per heavy atom. The van der Waals surface area contributed by atoms with Crippen LogP contribution in [0, 0.1) is 0 Å². The van der Waals surface area contributed by atoms with Gasteiger partial charge in [-0.15, -0.1) is 0 Å². The molecule has 7 heteroatoms. The average Bonchev–Trinajstić information content (AvgIpc) is 3.23. The number of nitrogens with one attached hydrogen (secondary N) is 1. The maximum absolute atomic E-state index is 12.4. The van der Waals surface area contributed by atoms with Gasteiger partial charge in [0.2, 0.25) is 5.91 Å². The molecule has 2 aliphatic rings. The van der Waals surface area contributed by atoms with Crippen molar-refractivity contribution in [2.45, 2.75) is 37.5 Å². The summed E-state index contributed by atoms with van der Waals surface area (Å²) in [6.07, 6.45) is 1.74. The van der Waals surface area contributed by atoms with E-state index in [-0.39, 0.29) is 23.9 Å². The van der Waals surface area contributed by atoms with E-state index in [1.165, 1.54) is 11.3 Å². The molecule has 2 fully saturated rings. The standard InChI is InChI=1S/C16H23N3O3S/c1-17-15(21)14-8-13(20)9-19(14)12-2-5-18(6-3-12)16(22)11-4-7-23-10-11/h4,7,10,12-14,20H,2-3,5-6,8-9H2,1H3,(H,17,21)/t13-,14+/m1/s1. The number of hydrogen-bond donors (Lipinski definition) is 2. The largest absolute Gasteiger partial charge is 0.392 e. The second-order valence-electron chi connectivity index (χ2n) is 6.25. The molecule has 0 unspecified atom stereocenters. The molecule has 0 aromatic carbocycles. The number of thiophene rings is 1. The van der Waals surface area contributed by atoms with E-state index in [1.54, 1.807) is 7.05 Å². The van der Waals surface area contributed by atoms with Gasteiger partial charge in [0.1, 0.15) is 0 Å². The summed E-state index contributed by atoms with van der Waals surface area (Å²) >= 11 is 1.53. The van der Waals surface area contributed by atoms with Crippen molar-refractivity contribution in [1.82, 2.24) is 15.1 Å². The Kier molecular flexibility index (Phi) is 4.99. The summed E-state index contributed by atoms with van der Waals surface area (Å²) in [5, 5.41) is 16.4. The van der Waals surface area contributed by atoms with Crippen molar-refractivity contribution in [3.05, 3.63) is 22.4 Å². The molecule has 23 heavy (non-hydrogen) atoms. The SMILES string of the molecule is CNC(=O)[C@@H]1C[C@@H](O)CN1C1CCN(C(=O)c2ccsc2)CC1. The molecule has 3 heterocycles. The molecule has 0 radical (unpaired) electrons. The molecule has 2 N–H and O–H groups in total. The van der Waals surface area contributed by atoms with Crippen molar-refractivity contribution in [3.63, 3.8) is 0 Å². The first kappa shape index (κ1) is 16.4. The third kappa shape index (κ3) is 3.41. The van der Waals surface area contributed by atoms with E-state index in [9.17, 15) is 14.7 Å². The van der Waals surface area contributed by atoms with E-state index in [1.807, 2.05) is 21.7 Å². The smallest absolute Gasteiger partial charge is 0.254 e. The maximum Gasteiger partial charge on any atom is 0.254 e. The normalized spacial score (nSPS) is 26.4. The lowest BCUT2D eigenvalue weighted by Gasteiger charge is -2.38. The molecule has 126 valence electrons. The zero-order chi connectivity index (χ0) is 16.4. The van der Waals surface area contributed by atoms with Gasteiger partial charge in [-0.1, -0.05) is 0 Å². The highest BCUT2D eigenvalue weighted by Gasteiger charge is 2.40. The number of β-amino-alcohol motifs (C(OH)–C–C–N with tert-alkyl or cyclic N) is 1. The van der Waals surface area contributed by atoms with E-state index < -0.39 is 6.10 Å². The molecule has 2 saturated heterocycles. The molecule has 0 saturated carbocycles. The summed E-state index contributed by atoms with van der Waals surface area (Å²) in [5.74, 6) is 0.0623. The number of aliphatic hydroxyl groups excluding tert-OH is 1. The average molecular weight is 337 g/mol. The number of piperidine rings is 1. The Hall–Kier alpha value is -1.44. The first-order chi connectivity index (χ1) is 11.1. The number of rotatable bonds is 3. The quantitative estimate of drug-likeness (QED) is 0.844. The number of nitrogens with zero attached hydrogens (tertiary/aromatic N) is 2. The fourth-order valence-corrected chi connectivity index (χ4v) is 4.27. The van der Waals surface area contributed by atoms with Crippen LogP contribution >= 0.6 is 11.3 Å². The molecular weight excluding hydrogens is 314 g/mol. The molecular formula is C16H23N3O3S. The van der Waals surface area contributed by atoms with Crippen molar-refractivity contribution in [1.29, 1.82) is 0 Å². The molecule has 0 aliphatic carbocycles. The highest BCUT2D eigenvalue weighted by atomic mass is 32.1. The molecule has 2 amide bonds. The topological polar surface area (TPSA) is 72.9 Å². The van der Waals surface area contributed by atoms with Gasteiger partial charge in [0.25, 0.3) is 5.91 Å². The van der Waals surface area contributed by atoms with Crippen molar-refractivity contribution >= 4 is 23.2 Å².